The van der Waals surface area contributed by atoms with Crippen LogP contribution in [-0.2, 0) is 4.79 Å². The van der Waals surface area contributed by atoms with Crippen molar-refractivity contribution in [2.45, 2.75) is 39.5 Å². The SMILES string of the molecule is CCC(C)c1ccc(C)c(N2CCC(=O)NC2=O)c1. The number of hydrogen-bond acceptors (Lipinski definition) is 2. The summed E-state index contributed by atoms with van der Waals surface area (Å²) < 4.78 is 0. The van der Waals surface area contributed by atoms with Crippen LogP contribution in [0.2, 0.25) is 0 Å². The minimum absolute atomic E-state index is 0.197. The van der Waals surface area contributed by atoms with Crippen LogP contribution >= 0.6 is 0 Å². The molecule has 1 heterocycles. The molecule has 1 aliphatic rings. The zero-order valence-corrected chi connectivity index (χ0v) is 11.7. The van der Waals surface area contributed by atoms with Crippen LogP contribution in [0.5, 0.6) is 0 Å². The Bertz CT molecular complexity index is 511. The van der Waals surface area contributed by atoms with Crippen LogP contribution in [0.3, 0.4) is 0 Å². The molecule has 1 aromatic carbocycles. The molecule has 19 heavy (non-hydrogen) atoms. The first-order chi connectivity index (χ1) is 9.02. The van der Waals surface area contributed by atoms with Crippen LogP contribution in [0.4, 0.5) is 10.5 Å². The molecule has 0 radical (unpaired) electrons. The van der Waals surface area contributed by atoms with E-state index in [1.54, 1.807) is 4.90 Å². The fourth-order valence-corrected chi connectivity index (χ4v) is 2.25. The Morgan fingerprint density at radius 2 is 2.11 bits per heavy atom. The van der Waals surface area contributed by atoms with E-state index in [2.05, 4.69) is 31.3 Å². The summed E-state index contributed by atoms with van der Waals surface area (Å²) in [5.41, 5.74) is 3.19. The van der Waals surface area contributed by atoms with Gasteiger partial charge in [-0.05, 0) is 36.5 Å². The van der Waals surface area contributed by atoms with Gasteiger partial charge in [-0.3, -0.25) is 15.0 Å². The maximum atomic E-state index is 11.9. The fourth-order valence-electron chi connectivity index (χ4n) is 2.25. The molecular formula is C15H20N2O2. The highest BCUT2D eigenvalue weighted by atomic mass is 16.2. The Labute approximate surface area is 113 Å². The van der Waals surface area contributed by atoms with Gasteiger partial charge in [0.2, 0.25) is 5.91 Å². The highest BCUT2D eigenvalue weighted by molar-refractivity contribution is 6.05. The Hall–Kier alpha value is -1.84. The number of carbonyl (C=O) groups is 2. The van der Waals surface area contributed by atoms with Gasteiger partial charge in [0.05, 0.1) is 0 Å². The standard InChI is InChI=1S/C15H20N2O2/c1-4-10(2)12-6-5-11(3)13(9-12)17-8-7-14(18)16-15(17)19/h5-6,9-10H,4,7-8H2,1-3H3,(H,16,18,19). The van der Waals surface area contributed by atoms with E-state index in [4.69, 9.17) is 0 Å². The van der Waals surface area contributed by atoms with E-state index in [9.17, 15) is 9.59 Å². The minimum atomic E-state index is -0.319. The van der Waals surface area contributed by atoms with Crippen molar-refractivity contribution in [2.75, 3.05) is 11.4 Å². The molecule has 0 bridgehead atoms. The van der Waals surface area contributed by atoms with Crippen LogP contribution in [0.1, 0.15) is 43.7 Å². The fraction of sp³-hybridized carbons (Fsp3) is 0.467. The molecule has 1 aromatic rings. The molecule has 1 aliphatic heterocycles. The Kier molecular flexibility index (Phi) is 3.88. The van der Waals surface area contributed by atoms with Gasteiger partial charge in [-0.1, -0.05) is 26.0 Å². The van der Waals surface area contributed by atoms with E-state index >= 15 is 0 Å². The molecular weight excluding hydrogens is 240 g/mol. The van der Waals surface area contributed by atoms with Crippen LogP contribution in [0.15, 0.2) is 18.2 Å². The van der Waals surface area contributed by atoms with Gasteiger partial charge >= 0.3 is 6.03 Å². The van der Waals surface area contributed by atoms with Crippen molar-refractivity contribution in [1.82, 2.24) is 5.32 Å². The lowest BCUT2D eigenvalue weighted by Gasteiger charge is -2.28. The number of aryl methyl sites for hydroxylation is 1. The van der Waals surface area contributed by atoms with Gasteiger partial charge in [-0.25, -0.2) is 4.79 Å². The maximum absolute atomic E-state index is 11.9. The van der Waals surface area contributed by atoms with E-state index in [-0.39, 0.29) is 11.9 Å². The van der Waals surface area contributed by atoms with Crippen molar-refractivity contribution in [3.05, 3.63) is 29.3 Å². The van der Waals surface area contributed by atoms with Crippen molar-refractivity contribution in [3.63, 3.8) is 0 Å². The molecule has 0 spiro atoms. The number of carbonyl (C=O) groups excluding carboxylic acids is 2. The maximum Gasteiger partial charge on any atom is 0.328 e. The molecule has 4 nitrogen and oxygen atoms in total. The predicted molar refractivity (Wildman–Crippen MR) is 75.4 cm³/mol. The molecule has 1 N–H and O–H groups in total. The summed E-state index contributed by atoms with van der Waals surface area (Å²) in [6.07, 6.45) is 1.42. The number of nitrogens with zero attached hydrogens (tertiary/aromatic N) is 1. The van der Waals surface area contributed by atoms with E-state index in [0.29, 0.717) is 18.9 Å². The Balaban J connectivity index is 2.33. The number of nitrogens with one attached hydrogen (secondary N) is 1. The Morgan fingerprint density at radius 1 is 1.37 bits per heavy atom. The van der Waals surface area contributed by atoms with Crippen molar-refractivity contribution in [3.8, 4) is 0 Å². The second kappa shape index (κ2) is 5.43. The van der Waals surface area contributed by atoms with Crippen LogP contribution in [0.25, 0.3) is 0 Å². The first kappa shape index (κ1) is 13.6. The summed E-state index contributed by atoms with van der Waals surface area (Å²) in [6.45, 7) is 6.76. The van der Waals surface area contributed by atoms with Gasteiger partial charge in [0.25, 0.3) is 0 Å². The third-order valence-corrected chi connectivity index (χ3v) is 3.76. The molecule has 1 fully saturated rings. The van der Waals surface area contributed by atoms with Gasteiger partial charge in [0.15, 0.2) is 0 Å². The monoisotopic (exact) mass is 260 g/mol. The number of urea groups is 1. The van der Waals surface area contributed by atoms with Crippen molar-refractivity contribution in [1.29, 1.82) is 0 Å². The summed E-state index contributed by atoms with van der Waals surface area (Å²) >= 11 is 0. The zero-order valence-electron chi connectivity index (χ0n) is 11.7. The first-order valence-electron chi connectivity index (χ1n) is 6.74. The summed E-state index contributed by atoms with van der Waals surface area (Å²) in [4.78, 5) is 24.8. The molecule has 0 saturated carbocycles. The highest BCUT2D eigenvalue weighted by Crippen LogP contribution is 2.28. The van der Waals surface area contributed by atoms with Crippen molar-refractivity contribution in [2.24, 2.45) is 0 Å². The quantitative estimate of drug-likeness (QED) is 0.908. The van der Waals surface area contributed by atoms with Gasteiger partial charge in [0, 0.05) is 18.7 Å². The molecule has 0 aromatic heterocycles. The van der Waals surface area contributed by atoms with Crippen LogP contribution < -0.4 is 10.2 Å². The number of imide groups is 1. The van der Waals surface area contributed by atoms with Gasteiger partial charge in [0.1, 0.15) is 0 Å². The average Bonchev–Trinajstić information content (AvgIpc) is 2.39. The van der Waals surface area contributed by atoms with Crippen molar-refractivity contribution < 1.29 is 9.59 Å². The molecule has 2 rings (SSSR count). The molecule has 1 saturated heterocycles. The molecule has 102 valence electrons. The topological polar surface area (TPSA) is 49.4 Å². The molecule has 1 atom stereocenters. The third kappa shape index (κ3) is 2.78. The average molecular weight is 260 g/mol. The van der Waals surface area contributed by atoms with Gasteiger partial charge in [-0.15, -0.1) is 0 Å². The zero-order chi connectivity index (χ0) is 14.0. The van der Waals surface area contributed by atoms with Crippen LogP contribution in [0, 0.1) is 6.92 Å². The Morgan fingerprint density at radius 3 is 2.74 bits per heavy atom. The third-order valence-electron chi connectivity index (χ3n) is 3.76. The van der Waals surface area contributed by atoms with Gasteiger partial charge < -0.3 is 0 Å². The van der Waals surface area contributed by atoms with Crippen molar-refractivity contribution >= 4 is 17.6 Å². The second-order valence-corrected chi connectivity index (χ2v) is 5.11. The second-order valence-electron chi connectivity index (χ2n) is 5.11. The minimum Gasteiger partial charge on any atom is -0.293 e. The highest BCUT2D eigenvalue weighted by Gasteiger charge is 2.25. The number of amides is 3. The summed E-state index contributed by atoms with van der Waals surface area (Å²) in [5, 5.41) is 2.37. The molecule has 1 unspecified atom stereocenters. The van der Waals surface area contributed by atoms with Gasteiger partial charge in [-0.2, -0.15) is 0 Å². The molecule has 3 amide bonds. The largest absolute Gasteiger partial charge is 0.328 e. The smallest absolute Gasteiger partial charge is 0.293 e. The summed E-state index contributed by atoms with van der Waals surface area (Å²) in [5.74, 6) is 0.269. The number of benzene rings is 1. The molecule has 0 aliphatic carbocycles. The number of hydrogen-bond donors (Lipinski definition) is 1. The van der Waals surface area contributed by atoms with E-state index in [0.717, 1.165) is 17.7 Å². The van der Waals surface area contributed by atoms with E-state index in [1.807, 2.05) is 13.0 Å². The normalized spacial score (nSPS) is 17.3. The first-order valence-corrected chi connectivity index (χ1v) is 6.74. The number of anilines is 1. The lowest BCUT2D eigenvalue weighted by molar-refractivity contribution is -0.120. The van der Waals surface area contributed by atoms with Crippen LogP contribution in [-0.4, -0.2) is 18.5 Å². The lowest BCUT2D eigenvalue weighted by atomic mass is 9.96. The molecule has 4 heteroatoms. The summed E-state index contributed by atoms with van der Waals surface area (Å²) in [6, 6.07) is 5.90. The lowest BCUT2D eigenvalue weighted by Crippen LogP contribution is -2.49. The van der Waals surface area contributed by atoms with E-state index < -0.39 is 0 Å². The summed E-state index contributed by atoms with van der Waals surface area (Å²) in [7, 11) is 0. The predicted octanol–water partition coefficient (Wildman–Crippen LogP) is 2.95. The number of rotatable bonds is 3. The van der Waals surface area contributed by atoms with E-state index in [1.165, 1.54) is 5.56 Å².